The number of hydrogen-bond acceptors (Lipinski definition) is 3. The van der Waals surface area contributed by atoms with Crippen LogP contribution in [0.4, 0.5) is 4.79 Å². The quantitative estimate of drug-likeness (QED) is 0.927. The van der Waals surface area contributed by atoms with Gasteiger partial charge in [0.2, 0.25) is 5.91 Å². The number of nitrogens with zero attached hydrogens (tertiary/aromatic N) is 2. The molecule has 0 spiro atoms. The Morgan fingerprint density at radius 3 is 3.00 bits per heavy atom. The number of amides is 3. The summed E-state index contributed by atoms with van der Waals surface area (Å²) < 4.78 is 5.24. The minimum Gasteiger partial charge on any atom is -0.469 e. The van der Waals surface area contributed by atoms with Crippen molar-refractivity contribution in [3.05, 3.63) is 23.7 Å². The van der Waals surface area contributed by atoms with Gasteiger partial charge in [0.25, 0.3) is 0 Å². The Balaban J connectivity index is 1.57. The Hall–Kier alpha value is -1.98. The van der Waals surface area contributed by atoms with Crippen molar-refractivity contribution in [2.24, 2.45) is 0 Å². The highest BCUT2D eigenvalue weighted by Gasteiger charge is 2.41. The molecule has 1 aromatic rings. The van der Waals surface area contributed by atoms with E-state index in [4.69, 9.17) is 4.42 Å². The first-order valence-corrected chi connectivity index (χ1v) is 7.91. The molecular formula is C16H23N3O3. The van der Waals surface area contributed by atoms with E-state index in [0.29, 0.717) is 12.6 Å². The number of nitrogens with one attached hydrogen (secondary N) is 1. The number of urea groups is 1. The number of furan rings is 1. The minimum atomic E-state index is -0.372. The van der Waals surface area contributed by atoms with Gasteiger partial charge in [0, 0.05) is 25.2 Å². The van der Waals surface area contributed by atoms with Crippen molar-refractivity contribution in [1.82, 2.24) is 15.1 Å². The molecule has 2 saturated heterocycles. The molecule has 2 fully saturated rings. The van der Waals surface area contributed by atoms with Gasteiger partial charge in [-0.15, -0.1) is 0 Å². The second kappa shape index (κ2) is 6.02. The normalized spacial score (nSPS) is 24.3. The first-order chi connectivity index (χ1) is 10.6. The second-order valence-electron chi connectivity index (χ2n) is 6.28. The Bertz CT molecular complexity index is 569. The predicted octanol–water partition coefficient (Wildman–Crippen LogP) is 1.88. The van der Waals surface area contributed by atoms with Crippen LogP contribution in [0.25, 0.3) is 0 Å². The molecule has 1 aromatic heterocycles. The van der Waals surface area contributed by atoms with Crippen LogP contribution in [0.15, 0.2) is 16.7 Å². The van der Waals surface area contributed by atoms with Crippen LogP contribution >= 0.6 is 0 Å². The molecule has 0 bridgehead atoms. The van der Waals surface area contributed by atoms with Gasteiger partial charge in [-0.05, 0) is 38.7 Å². The third-order valence-electron chi connectivity index (χ3n) is 4.73. The highest BCUT2D eigenvalue weighted by Crippen LogP contribution is 2.28. The number of aryl methyl sites for hydroxylation is 1. The smallest absolute Gasteiger partial charge is 0.318 e. The molecule has 0 saturated carbocycles. The largest absolute Gasteiger partial charge is 0.469 e. The van der Waals surface area contributed by atoms with Gasteiger partial charge in [0.1, 0.15) is 11.8 Å². The van der Waals surface area contributed by atoms with Gasteiger partial charge in [-0.1, -0.05) is 0 Å². The second-order valence-corrected chi connectivity index (χ2v) is 6.28. The SMILES string of the molecule is Cc1occc1CN(C)C(=O)NC1CC2CCCCN2C1=O. The maximum Gasteiger partial charge on any atom is 0.318 e. The van der Waals surface area contributed by atoms with Crippen molar-refractivity contribution >= 4 is 11.9 Å². The van der Waals surface area contributed by atoms with Crippen LogP contribution in [-0.2, 0) is 11.3 Å². The van der Waals surface area contributed by atoms with E-state index in [1.54, 1.807) is 18.2 Å². The summed E-state index contributed by atoms with van der Waals surface area (Å²) >= 11 is 0. The van der Waals surface area contributed by atoms with Gasteiger partial charge in [-0.25, -0.2) is 4.79 Å². The number of carbonyl (C=O) groups is 2. The molecule has 120 valence electrons. The maximum absolute atomic E-state index is 12.3. The molecule has 3 heterocycles. The van der Waals surface area contributed by atoms with Crippen molar-refractivity contribution in [3.63, 3.8) is 0 Å². The molecule has 2 aliphatic rings. The van der Waals surface area contributed by atoms with E-state index in [-0.39, 0.29) is 18.0 Å². The first kappa shape index (κ1) is 14.9. The molecule has 0 radical (unpaired) electrons. The lowest BCUT2D eigenvalue weighted by atomic mass is 10.0. The van der Waals surface area contributed by atoms with Gasteiger partial charge in [0.05, 0.1) is 12.8 Å². The van der Waals surface area contributed by atoms with E-state index >= 15 is 0 Å². The van der Waals surface area contributed by atoms with Gasteiger partial charge in [-0.3, -0.25) is 4.79 Å². The fraction of sp³-hybridized carbons (Fsp3) is 0.625. The molecule has 0 aromatic carbocycles. The van der Waals surface area contributed by atoms with Gasteiger partial charge < -0.3 is 19.5 Å². The van der Waals surface area contributed by atoms with Gasteiger partial charge in [-0.2, -0.15) is 0 Å². The average molecular weight is 305 g/mol. The maximum atomic E-state index is 12.3. The molecule has 1 N–H and O–H groups in total. The Morgan fingerprint density at radius 2 is 2.32 bits per heavy atom. The zero-order valence-corrected chi connectivity index (χ0v) is 13.2. The summed E-state index contributed by atoms with van der Waals surface area (Å²) in [7, 11) is 1.73. The fourth-order valence-electron chi connectivity index (χ4n) is 3.39. The molecule has 2 unspecified atom stereocenters. The topological polar surface area (TPSA) is 65.8 Å². The first-order valence-electron chi connectivity index (χ1n) is 7.91. The van der Waals surface area contributed by atoms with Crippen molar-refractivity contribution in [2.45, 2.75) is 51.2 Å². The molecular weight excluding hydrogens is 282 g/mol. The zero-order chi connectivity index (χ0) is 15.7. The summed E-state index contributed by atoms with van der Waals surface area (Å²) in [6, 6.07) is 1.59. The number of fused-ring (bicyclic) bond motifs is 1. The standard InChI is InChI=1S/C16H23N3O3/c1-11-12(6-8-22-11)10-18(2)16(21)17-14-9-13-5-3-4-7-19(13)15(14)20/h6,8,13-14H,3-5,7,9-10H2,1-2H3,(H,17,21). The van der Waals surface area contributed by atoms with Crippen molar-refractivity contribution in [2.75, 3.05) is 13.6 Å². The third-order valence-corrected chi connectivity index (χ3v) is 4.73. The summed E-state index contributed by atoms with van der Waals surface area (Å²) in [6.45, 7) is 3.18. The molecule has 2 aliphatic heterocycles. The molecule has 22 heavy (non-hydrogen) atoms. The summed E-state index contributed by atoms with van der Waals surface area (Å²) in [4.78, 5) is 28.2. The Morgan fingerprint density at radius 1 is 1.50 bits per heavy atom. The van der Waals surface area contributed by atoms with Crippen LogP contribution in [0.5, 0.6) is 0 Å². The highest BCUT2D eigenvalue weighted by atomic mass is 16.3. The average Bonchev–Trinajstić information content (AvgIpc) is 3.04. The van der Waals surface area contributed by atoms with Crippen LogP contribution in [0.2, 0.25) is 0 Å². The Labute approximate surface area is 130 Å². The molecule has 3 amide bonds. The molecule has 6 nitrogen and oxygen atoms in total. The van der Waals surface area contributed by atoms with Crippen LogP contribution < -0.4 is 5.32 Å². The summed E-state index contributed by atoms with van der Waals surface area (Å²) in [6.07, 6.45) is 5.66. The van der Waals surface area contributed by atoms with Gasteiger partial charge >= 0.3 is 6.03 Å². The van der Waals surface area contributed by atoms with E-state index in [0.717, 1.165) is 37.1 Å². The molecule has 2 atom stereocenters. The lowest BCUT2D eigenvalue weighted by molar-refractivity contribution is -0.131. The van der Waals surface area contributed by atoms with E-state index in [1.807, 2.05) is 17.9 Å². The number of carbonyl (C=O) groups excluding carboxylic acids is 2. The minimum absolute atomic E-state index is 0.0749. The highest BCUT2D eigenvalue weighted by molar-refractivity contribution is 5.89. The van der Waals surface area contributed by atoms with Crippen LogP contribution in [0.1, 0.15) is 37.0 Å². The van der Waals surface area contributed by atoms with Crippen molar-refractivity contribution in [1.29, 1.82) is 0 Å². The van der Waals surface area contributed by atoms with Crippen LogP contribution in [0.3, 0.4) is 0 Å². The monoisotopic (exact) mass is 305 g/mol. The lowest BCUT2D eigenvalue weighted by Crippen LogP contribution is -2.46. The van der Waals surface area contributed by atoms with Crippen molar-refractivity contribution in [3.8, 4) is 0 Å². The van der Waals surface area contributed by atoms with Crippen LogP contribution in [-0.4, -0.2) is 47.4 Å². The van der Waals surface area contributed by atoms with Crippen molar-refractivity contribution < 1.29 is 14.0 Å². The lowest BCUT2D eigenvalue weighted by Gasteiger charge is -2.29. The van der Waals surface area contributed by atoms with E-state index in [9.17, 15) is 9.59 Å². The summed E-state index contributed by atoms with van der Waals surface area (Å²) in [5.74, 6) is 0.889. The Kier molecular flexibility index (Phi) is 4.09. The third kappa shape index (κ3) is 2.82. The summed E-state index contributed by atoms with van der Waals surface area (Å²) in [5.41, 5.74) is 0.979. The van der Waals surface area contributed by atoms with Crippen LogP contribution in [0, 0.1) is 6.92 Å². The summed E-state index contributed by atoms with van der Waals surface area (Å²) in [5, 5.41) is 2.88. The number of piperidine rings is 1. The predicted molar refractivity (Wildman–Crippen MR) is 81.2 cm³/mol. The fourth-order valence-corrected chi connectivity index (χ4v) is 3.39. The molecule has 6 heteroatoms. The zero-order valence-electron chi connectivity index (χ0n) is 13.2. The van der Waals surface area contributed by atoms with E-state index in [2.05, 4.69) is 5.32 Å². The van der Waals surface area contributed by atoms with E-state index in [1.165, 1.54) is 6.42 Å². The number of hydrogen-bond donors (Lipinski definition) is 1. The molecule has 0 aliphatic carbocycles. The number of rotatable bonds is 3. The van der Waals surface area contributed by atoms with Gasteiger partial charge in [0.15, 0.2) is 0 Å². The van der Waals surface area contributed by atoms with E-state index < -0.39 is 0 Å². The molecule has 3 rings (SSSR count).